The largest absolute Gasteiger partial charge is 0.418 e. The zero-order valence-electron chi connectivity index (χ0n) is 12.3. The smallest absolute Gasteiger partial charge is 0.377 e. The van der Waals surface area contributed by atoms with Gasteiger partial charge in [0.05, 0.1) is 18.8 Å². The van der Waals surface area contributed by atoms with Crippen LogP contribution in [0.3, 0.4) is 0 Å². The van der Waals surface area contributed by atoms with Crippen molar-refractivity contribution in [2.45, 2.75) is 32.6 Å². The summed E-state index contributed by atoms with van der Waals surface area (Å²) in [6.45, 7) is 6.37. The molecule has 1 unspecified atom stereocenters. The van der Waals surface area contributed by atoms with Crippen LogP contribution in [0.25, 0.3) is 0 Å². The lowest BCUT2D eigenvalue weighted by molar-refractivity contribution is -0.137. The topological polar surface area (TPSA) is 24.5 Å². The van der Waals surface area contributed by atoms with Crippen LogP contribution in [0.4, 0.5) is 18.9 Å². The number of anilines is 1. The minimum Gasteiger partial charge on any atom is -0.377 e. The summed E-state index contributed by atoms with van der Waals surface area (Å²) in [4.78, 5) is 1.78. The first kappa shape index (κ1) is 16.1. The second kappa shape index (κ2) is 6.66. The minimum absolute atomic E-state index is 0.0560. The summed E-state index contributed by atoms with van der Waals surface area (Å²) in [5.41, 5.74) is 0.332. The molecular formula is C15H21F3N2O. The number of rotatable bonds is 4. The first-order chi connectivity index (χ1) is 9.93. The van der Waals surface area contributed by atoms with Crippen LogP contribution in [0.1, 0.15) is 25.0 Å². The number of benzene rings is 1. The number of nitrogens with one attached hydrogen (secondary N) is 1. The molecule has 0 aromatic heterocycles. The van der Waals surface area contributed by atoms with Crippen molar-refractivity contribution in [1.82, 2.24) is 5.32 Å². The third-order valence-corrected chi connectivity index (χ3v) is 3.62. The van der Waals surface area contributed by atoms with Crippen molar-refractivity contribution in [3.05, 3.63) is 29.3 Å². The molecule has 0 bridgehead atoms. The minimum atomic E-state index is -4.35. The fourth-order valence-electron chi connectivity index (χ4n) is 2.53. The molecule has 6 heteroatoms. The molecule has 1 heterocycles. The Bertz CT molecular complexity index is 476. The normalized spacial score (nSPS) is 19.9. The van der Waals surface area contributed by atoms with Crippen molar-refractivity contribution in [1.29, 1.82) is 0 Å². The Balaban J connectivity index is 2.35. The maximum Gasteiger partial charge on any atom is 0.418 e. The molecule has 1 atom stereocenters. The summed E-state index contributed by atoms with van der Waals surface area (Å²) < 4.78 is 45.4. The average Bonchev–Trinajstić information content (AvgIpc) is 2.44. The van der Waals surface area contributed by atoms with Gasteiger partial charge in [0, 0.05) is 24.8 Å². The van der Waals surface area contributed by atoms with Crippen molar-refractivity contribution in [3.8, 4) is 0 Å². The van der Waals surface area contributed by atoms with Gasteiger partial charge in [-0.15, -0.1) is 0 Å². The van der Waals surface area contributed by atoms with Gasteiger partial charge in [0.1, 0.15) is 0 Å². The number of alkyl halides is 3. The number of hydrogen-bond acceptors (Lipinski definition) is 3. The summed E-state index contributed by atoms with van der Waals surface area (Å²) >= 11 is 0. The van der Waals surface area contributed by atoms with E-state index < -0.39 is 11.7 Å². The summed E-state index contributed by atoms with van der Waals surface area (Å²) in [5.74, 6) is 0. The van der Waals surface area contributed by atoms with E-state index in [0.29, 0.717) is 31.9 Å². The molecule has 0 aliphatic carbocycles. The van der Waals surface area contributed by atoms with E-state index in [4.69, 9.17) is 4.74 Å². The van der Waals surface area contributed by atoms with Gasteiger partial charge in [0.25, 0.3) is 0 Å². The lowest BCUT2D eigenvalue weighted by Gasteiger charge is -2.36. The van der Waals surface area contributed by atoms with E-state index in [2.05, 4.69) is 5.32 Å². The van der Waals surface area contributed by atoms with Gasteiger partial charge in [-0.25, -0.2) is 0 Å². The van der Waals surface area contributed by atoms with Crippen LogP contribution >= 0.6 is 0 Å². The molecule has 0 saturated carbocycles. The molecule has 1 aliphatic heterocycles. The summed E-state index contributed by atoms with van der Waals surface area (Å²) in [6, 6.07) is 4.53. The lowest BCUT2D eigenvalue weighted by Crippen LogP contribution is -2.44. The van der Waals surface area contributed by atoms with E-state index in [0.717, 1.165) is 6.54 Å². The fourth-order valence-corrected chi connectivity index (χ4v) is 2.53. The van der Waals surface area contributed by atoms with E-state index in [1.165, 1.54) is 6.07 Å². The SMILES string of the molecule is CCNCc1ccc(N2CCOCC2C)c(C(F)(F)F)c1. The van der Waals surface area contributed by atoms with E-state index in [9.17, 15) is 13.2 Å². The van der Waals surface area contributed by atoms with Crippen LogP contribution in [-0.2, 0) is 17.5 Å². The number of hydrogen-bond donors (Lipinski definition) is 1. The average molecular weight is 302 g/mol. The predicted molar refractivity (Wildman–Crippen MR) is 76.5 cm³/mol. The Kier molecular flexibility index (Phi) is 5.11. The van der Waals surface area contributed by atoms with Crippen LogP contribution in [0.2, 0.25) is 0 Å². The highest BCUT2D eigenvalue weighted by molar-refractivity contribution is 5.57. The Morgan fingerprint density at radius 1 is 1.38 bits per heavy atom. The maximum atomic E-state index is 13.4. The van der Waals surface area contributed by atoms with E-state index in [1.54, 1.807) is 17.0 Å². The van der Waals surface area contributed by atoms with E-state index >= 15 is 0 Å². The molecule has 118 valence electrons. The van der Waals surface area contributed by atoms with E-state index in [-0.39, 0.29) is 11.7 Å². The van der Waals surface area contributed by atoms with Gasteiger partial charge in [-0.1, -0.05) is 13.0 Å². The molecule has 0 spiro atoms. The molecule has 2 rings (SSSR count). The molecule has 1 N–H and O–H groups in total. The third kappa shape index (κ3) is 3.89. The van der Waals surface area contributed by atoms with Gasteiger partial charge in [0.2, 0.25) is 0 Å². The van der Waals surface area contributed by atoms with Gasteiger partial charge < -0.3 is 15.0 Å². The first-order valence-corrected chi connectivity index (χ1v) is 7.18. The Morgan fingerprint density at radius 3 is 2.76 bits per heavy atom. The molecule has 0 radical (unpaired) electrons. The highest BCUT2D eigenvalue weighted by Gasteiger charge is 2.36. The zero-order chi connectivity index (χ0) is 15.5. The number of morpholine rings is 1. The molecule has 1 aromatic rings. The quantitative estimate of drug-likeness (QED) is 0.925. The van der Waals surface area contributed by atoms with Gasteiger partial charge in [-0.2, -0.15) is 13.2 Å². The molecule has 21 heavy (non-hydrogen) atoms. The summed E-state index contributed by atoms with van der Waals surface area (Å²) in [6.07, 6.45) is -4.35. The van der Waals surface area contributed by atoms with Crippen LogP contribution in [0.15, 0.2) is 18.2 Å². The second-order valence-corrected chi connectivity index (χ2v) is 5.25. The molecular weight excluding hydrogens is 281 g/mol. The summed E-state index contributed by atoms with van der Waals surface area (Å²) in [5, 5.41) is 3.05. The van der Waals surface area contributed by atoms with Crippen molar-refractivity contribution in [3.63, 3.8) is 0 Å². The molecule has 1 aromatic carbocycles. The Morgan fingerprint density at radius 2 is 2.14 bits per heavy atom. The Hall–Kier alpha value is -1.27. The zero-order valence-corrected chi connectivity index (χ0v) is 12.3. The fraction of sp³-hybridized carbons (Fsp3) is 0.600. The van der Waals surface area contributed by atoms with Crippen LogP contribution in [0.5, 0.6) is 0 Å². The second-order valence-electron chi connectivity index (χ2n) is 5.25. The van der Waals surface area contributed by atoms with Gasteiger partial charge in [-0.05, 0) is 31.2 Å². The Labute approximate surface area is 123 Å². The third-order valence-electron chi connectivity index (χ3n) is 3.62. The molecule has 1 fully saturated rings. The van der Waals surface area contributed by atoms with Crippen molar-refractivity contribution >= 4 is 5.69 Å². The van der Waals surface area contributed by atoms with Crippen molar-refractivity contribution in [2.24, 2.45) is 0 Å². The lowest BCUT2D eigenvalue weighted by atomic mass is 10.0. The number of nitrogens with zero attached hydrogens (tertiary/aromatic N) is 1. The van der Waals surface area contributed by atoms with Crippen LogP contribution < -0.4 is 10.2 Å². The van der Waals surface area contributed by atoms with E-state index in [1.807, 2.05) is 13.8 Å². The standard InChI is InChI=1S/C15H21F3N2O/c1-3-19-9-12-4-5-14(13(8-12)15(16,17)18)20-6-7-21-10-11(20)2/h4-5,8,11,19H,3,6-7,9-10H2,1-2H3. The van der Waals surface area contributed by atoms with Crippen molar-refractivity contribution < 1.29 is 17.9 Å². The molecule has 1 aliphatic rings. The number of ether oxygens (including phenoxy) is 1. The molecule has 3 nitrogen and oxygen atoms in total. The molecule has 1 saturated heterocycles. The highest BCUT2D eigenvalue weighted by Crippen LogP contribution is 2.38. The summed E-state index contributed by atoms with van der Waals surface area (Å²) in [7, 11) is 0. The van der Waals surface area contributed by atoms with Gasteiger partial charge in [-0.3, -0.25) is 0 Å². The van der Waals surface area contributed by atoms with Crippen LogP contribution in [-0.4, -0.2) is 32.3 Å². The highest BCUT2D eigenvalue weighted by atomic mass is 19.4. The maximum absolute atomic E-state index is 13.4. The first-order valence-electron chi connectivity index (χ1n) is 7.18. The van der Waals surface area contributed by atoms with Gasteiger partial charge in [0.15, 0.2) is 0 Å². The monoisotopic (exact) mass is 302 g/mol. The van der Waals surface area contributed by atoms with Gasteiger partial charge >= 0.3 is 6.18 Å². The number of halogens is 3. The van der Waals surface area contributed by atoms with Crippen molar-refractivity contribution in [2.75, 3.05) is 31.2 Å². The predicted octanol–water partition coefficient (Wildman–Crippen LogP) is 3.04. The molecule has 0 amide bonds. The van der Waals surface area contributed by atoms with Crippen LogP contribution in [0, 0.1) is 0 Å².